The zero-order valence-electron chi connectivity index (χ0n) is 16.2. The number of rotatable bonds is 8. The average Bonchev–Trinajstić information content (AvgIpc) is 2.65. The minimum Gasteiger partial charge on any atom is -0.193 e. The molecule has 2 aliphatic rings. The highest BCUT2D eigenvalue weighted by Crippen LogP contribution is 2.35. The highest BCUT2D eigenvalue weighted by atomic mass is 14.3. The second kappa shape index (κ2) is 12.1. The van der Waals surface area contributed by atoms with Crippen LogP contribution in [0.1, 0.15) is 84.0 Å². The van der Waals surface area contributed by atoms with Crippen LogP contribution in [0.15, 0.2) is 36.5 Å². The van der Waals surface area contributed by atoms with Crippen molar-refractivity contribution in [2.24, 2.45) is 23.7 Å². The maximum atomic E-state index is 8.44. The number of allylic oxidation sites excluding steroid dienone is 6. The minimum absolute atomic E-state index is 0.846. The van der Waals surface area contributed by atoms with Gasteiger partial charge in [0.05, 0.1) is 6.07 Å². The molecule has 0 heterocycles. The molecular weight excluding hydrogens is 302 g/mol. The van der Waals surface area contributed by atoms with E-state index >= 15 is 0 Å². The molecule has 0 amide bonds. The summed E-state index contributed by atoms with van der Waals surface area (Å²) in [7, 11) is 0. The monoisotopic (exact) mass is 339 g/mol. The molecule has 25 heavy (non-hydrogen) atoms. The van der Waals surface area contributed by atoms with Crippen LogP contribution in [0.3, 0.4) is 0 Å². The van der Waals surface area contributed by atoms with Crippen molar-refractivity contribution in [1.29, 1.82) is 5.26 Å². The summed E-state index contributed by atoms with van der Waals surface area (Å²) in [6.07, 6.45) is 29.4. The molecule has 0 spiro atoms. The Balaban J connectivity index is 1.58. The van der Waals surface area contributed by atoms with Crippen LogP contribution in [0, 0.1) is 35.0 Å². The van der Waals surface area contributed by atoms with Crippen LogP contribution in [0.25, 0.3) is 0 Å². The van der Waals surface area contributed by atoms with Crippen molar-refractivity contribution in [3.8, 4) is 6.07 Å². The fraction of sp³-hybridized carbons (Fsp3) is 0.708. The maximum absolute atomic E-state index is 8.44. The van der Waals surface area contributed by atoms with E-state index in [-0.39, 0.29) is 0 Å². The molecule has 2 aliphatic carbocycles. The molecule has 2 fully saturated rings. The Hall–Kier alpha value is -1.29. The van der Waals surface area contributed by atoms with Crippen LogP contribution in [-0.2, 0) is 0 Å². The van der Waals surface area contributed by atoms with E-state index in [1.165, 1.54) is 76.7 Å². The van der Waals surface area contributed by atoms with Gasteiger partial charge in [-0.3, -0.25) is 0 Å². The molecule has 1 heteroatoms. The third-order valence-electron chi connectivity index (χ3n) is 6.29. The molecule has 2 rings (SSSR count). The molecular formula is C24H37N. The Morgan fingerprint density at radius 2 is 1.36 bits per heavy atom. The van der Waals surface area contributed by atoms with Crippen molar-refractivity contribution < 1.29 is 0 Å². The smallest absolute Gasteiger partial charge is 0.0912 e. The predicted molar refractivity (Wildman–Crippen MR) is 108 cm³/mol. The fourth-order valence-corrected chi connectivity index (χ4v) is 4.67. The van der Waals surface area contributed by atoms with Gasteiger partial charge in [0.2, 0.25) is 0 Å². The molecule has 2 saturated carbocycles. The van der Waals surface area contributed by atoms with E-state index in [1.807, 2.05) is 18.2 Å². The molecule has 138 valence electrons. The van der Waals surface area contributed by atoms with Crippen molar-refractivity contribution in [3.05, 3.63) is 36.5 Å². The van der Waals surface area contributed by atoms with Gasteiger partial charge in [0.15, 0.2) is 0 Å². The van der Waals surface area contributed by atoms with Gasteiger partial charge in [-0.25, -0.2) is 0 Å². The Morgan fingerprint density at radius 3 is 1.88 bits per heavy atom. The summed E-state index contributed by atoms with van der Waals surface area (Å²) in [5.74, 6) is 3.66. The Labute approximate surface area is 155 Å². The van der Waals surface area contributed by atoms with Gasteiger partial charge in [0.1, 0.15) is 0 Å². The number of nitrogens with zero attached hydrogens (tertiary/aromatic N) is 1. The fourth-order valence-electron chi connectivity index (χ4n) is 4.67. The van der Waals surface area contributed by atoms with Crippen molar-refractivity contribution in [1.82, 2.24) is 0 Å². The van der Waals surface area contributed by atoms with Gasteiger partial charge in [0.25, 0.3) is 0 Å². The number of nitriles is 1. The first kappa shape index (κ1) is 20.0. The third kappa shape index (κ3) is 8.08. The Bertz CT molecular complexity index is 463. The zero-order valence-corrected chi connectivity index (χ0v) is 16.2. The first-order chi connectivity index (χ1) is 12.3. The molecule has 0 saturated heterocycles. The van der Waals surface area contributed by atoms with E-state index in [1.54, 1.807) is 0 Å². The molecule has 1 nitrogen and oxygen atoms in total. The second-order valence-electron chi connectivity index (χ2n) is 8.23. The molecule has 0 unspecified atom stereocenters. The molecule has 0 radical (unpaired) electrons. The molecule has 0 N–H and O–H groups in total. The van der Waals surface area contributed by atoms with Crippen LogP contribution in [0.4, 0.5) is 0 Å². The van der Waals surface area contributed by atoms with Gasteiger partial charge < -0.3 is 0 Å². The standard InChI is InChI=1S/C24H37N/c1-2-8-21-10-14-23(15-11-21)18-19-24-16-12-22(13-17-24)9-6-4-3-5-7-20-25/h3-5,7,18-19,21-24H,2,6,8-17H2,1H3/b4-3?,7-5?,19-18+/t21-,22?,23-,24?. The van der Waals surface area contributed by atoms with Crippen molar-refractivity contribution in [3.63, 3.8) is 0 Å². The highest BCUT2D eigenvalue weighted by molar-refractivity contribution is 5.11. The topological polar surface area (TPSA) is 23.8 Å². The second-order valence-corrected chi connectivity index (χ2v) is 8.23. The number of hydrogen-bond donors (Lipinski definition) is 0. The van der Waals surface area contributed by atoms with Crippen LogP contribution in [0.5, 0.6) is 0 Å². The molecule has 0 atom stereocenters. The highest BCUT2D eigenvalue weighted by Gasteiger charge is 2.21. The van der Waals surface area contributed by atoms with Crippen LogP contribution >= 0.6 is 0 Å². The largest absolute Gasteiger partial charge is 0.193 e. The third-order valence-corrected chi connectivity index (χ3v) is 6.29. The summed E-state index contributed by atoms with van der Waals surface area (Å²) < 4.78 is 0. The lowest BCUT2D eigenvalue weighted by molar-refractivity contribution is 0.286. The summed E-state index contributed by atoms with van der Waals surface area (Å²) in [5.41, 5.74) is 0. The van der Waals surface area contributed by atoms with E-state index < -0.39 is 0 Å². The van der Waals surface area contributed by atoms with Gasteiger partial charge in [-0.2, -0.15) is 5.26 Å². The summed E-state index contributed by atoms with van der Waals surface area (Å²) >= 11 is 0. The Kier molecular flexibility index (Phi) is 9.71. The van der Waals surface area contributed by atoms with Gasteiger partial charge in [-0.05, 0) is 87.9 Å². The lowest BCUT2D eigenvalue weighted by Crippen LogP contribution is -2.15. The van der Waals surface area contributed by atoms with Gasteiger partial charge in [-0.1, -0.05) is 50.1 Å². The predicted octanol–water partition coefficient (Wildman–Crippen LogP) is 7.37. The Morgan fingerprint density at radius 1 is 0.800 bits per heavy atom. The lowest BCUT2D eigenvalue weighted by atomic mass is 9.77. The molecule has 0 aromatic heterocycles. The quantitative estimate of drug-likeness (QED) is 0.257. The van der Waals surface area contributed by atoms with Gasteiger partial charge >= 0.3 is 0 Å². The molecule has 0 aliphatic heterocycles. The first-order valence-corrected chi connectivity index (χ1v) is 10.7. The van der Waals surface area contributed by atoms with Gasteiger partial charge in [0, 0.05) is 6.08 Å². The SMILES string of the molecule is CCC[C@H]1CC[C@H](/C=C/C2CCC(CCC=CC=CC#N)CC2)CC1. The molecule has 0 bridgehead atoms. The van der Waals surface area contributed by atoms with Crippen molar-refractivity contribution in [2.45, 2.75) is 84.0 Å². The van der Waals surface area contributed by atoms with Crippen molar-refractivity contribution >= 4 is 0 Å². The normalized spacial score (nSPS) is 31.0. The molecule has 0 aromatic rings. The van der Waals surface area contributed by atoms with E-state index in [4.69, 9.17) is 5.26 Å². The molecule has 0 aromatic carbocycles. The number of hydrogen-bond acceptors (Lipinski definition) is 1. The van der Waals surface area contributed by atoms with E-state index in [2.05, 4.69) is 25.2 Å². The average molecular weight is 340 g/mol. The van der Waals surface area contributed by atoms with Crippen LogP contribution in [-0.4, -0.2) is 0 Å². The van der Waals surface area contributed by atoms with E-state index in [9.17, 15) is 0 Å². The summed E-state index contributed by atoms with van der Waals surface area (Å²) in [4.78, 5) is 0. The summed E-state index contributed by atoms with van der Waals surface area (Å²) in [5, 5.41) is 8.44. The van der Waals surface area contributed by atoms with Gasteiger partial charge in [-0.15, -0.1) is 0 Å². The van der Waals surface area contributed by atoms with Crippen LogP contribution < -0.4 is 0 Å². The summed E-state index contributed by atoms with van der Waals surface area (Å²) in [6, 6.07) is 2.02. The lowest BCUT2D eigenvalue weighted by Gasteiger charge is -2.28. The zero-order chi connectivity index (χ0) is 17.7. The summed E-state index contributed by atoms with van der Waals surface area (Å²) in [6.45, 7) is 2.32. The van der Waals surface area contributed by atoms with Crippen molar-refractivity contribution in [2.75, 3.05) is 0 Å². The van der Waals surface area contributed by atoms with E-state index in [0.29, 0.717) is 0 Å². The maximum Gasteiger partial charge on any atom is 0.0912 e. The van der Waals surface area contributed by atoms with E-state index in [0.717, 1.165) is 30.1 Å². The van der Waals surface area contributed by atoms with Crippen LogP contribution in [0.2, 0.25) is 0 Å². The first-order valence-electron chi connectivity index (χ1n) is 10.7. The minimum atomic E-state index is 0.846.